The summed E-state index contributed by atoms with van der Waals surface area (Å²) in [6, 6.07) is 1.26. The Morgan fingerprint density at radius 1 is 1.20 bits per heavy atom. The summed E-state index contributed by atoms with van der Waals surface area (Å²) in [6.45, 7) is 0. The lowest BCUT2D eigenvalue weighted by molar-refractivity contribution is -0.146. The van der Waals surface area contributed by atoms with E-state index in [9.17, 15) is 14.7 Å². The number of thiophene rings is 1. The quantitative estimate of drug-likeness (QED) is 0.912. The van der Waals surface area contributed by atoms with Gasteiger partial charge in [0, 0.05) is 11.4 Å². The summed E-state index contributed by atoms with van der Waals surface area (Å²) in [5, 5.41) is 13.1. The molecule has 0 aromatic carbocycles. The lowest BCUT2D eigenvalue weighted by atomic mass is 9.76. The Kier molecular flexibility index (Phi) is 3.78. The van der Waals surface area contributed by atoms with E-state index in [0.29, 0.717) is 17.9 Å². The molecule has 5 heteroatoms. The smallest absolute Gasteiger partial charge is 0.326 e. The van der Waals surface area contributed by atoms with Crippen LogP contribution in [0, 0.1) is 5.92 Å². The first-order valence-electron chi connectivity index (χ1n) is 7.26. The van der Waals surface area contributed by atoms with Crippen molar-refractivity contribution in [3.63, 3.8) is 0 Å². The van der Waals surface area contributed by atoms with E-state index in [1.165, 1.54) is 17.8 Å². The number of amides is 1. The fraction of sp³-hybridized carbons (Fsp3) is 0.600. The Labute approximate surface area is 122 Å². The minimum Gasteiger partial charge on any atom is -0.480 e. The standard InChI is InChI=1S/C15H19NO3S/c17-14(11-7-8-20-9-11)16-12-4-2-1-3-10(12)5-6-13(16)15(18)19/h7-10,12-13H,1-6H2,(H,18,19). The number of hydrogen-bond acceptors (Lipinski definition) is 3. The van der Waals surface area contributed by atoms with Crippen molar-refractivity contribution in [1.82, 2.24) is 4.90 Å². The van der Waals surface area contributed by atoms with Gasteiger partial charge in [0.1, 0.15) is 6.04 Å². The Morgan fingerprint density at radius 2 is 2.00 bits per heavy atom. The fourth-order valence-corrected chi connectivity index (χ4v) is 4.33. The van der Waals surface area contributed by atoms with Gasteiger partial charge in [0.05, 0.1) is 5.56 Å². The molecule has 1 saturated heterocycles. The Bertz CT molecular complexity index is 499. The van der Waals surface area contributed by atoms with Gasteiger partial charge in [-0.2, -0.15) is 11.3 Å². The molecule has 3 unspecified atom stereocenters. The highest BCUT2D eigenvalue weighted by molar-refractivity contribution is 7.08. The average Bonchev–Trinajstić information content (AvgIpc) is 2.99. The zero-order valence-corrected chi connectivity index (χ0v) is 12.1. The van der Waals surface area contributed by atoms with Gasteiger partial charge < -0.3 is 10.0 Å². The van der Waals surface area contributed by atoms with E-state index in [-0.39, 0.29) is 11.9 Å². The zero-order valence-electron chi connectivity index (χ0n) is 11.3. The van der Waals surface area contributed by atoms with Gasteiger partial charge in [-0.25, -0.2) is 4.79 Å². The van der Waals surface area contributed by atoms with Crippen LogP contribution in [0.3, 0.4) is 0 Å². The van der Waals surface area contributed by atoms with E-state index < -0.39 is 12.0 Å². The van der Waals surface area contributed by atoms with Crippen LogP contribution in [0.2, 0.25) is 0 Å². The molecule has 0 spiro atoms. The summed E-state index contributed by atoms with van der Waals surface area (Å²) in [5.41, 5.74) is 0.632. The van der Waals surface area contributed by atoms with E-state index in [1.807, 2.05) is 10.8 Å². The van der Waals surface area contributed by atoms with Crippen LogP contribution >= 0.6 is 11.3 Å². The third-order valence-corrected chi connectivity index (χ3v) is 5.34. The molecule has 4 nitrogen and oxygen atoms in total. The van der Waals surface area contributed by atoms with Crippen molar-refractivity contribution in [1.29, 1.82) is 0 Å². The Balaban J connectivity index is 1.91. The van der Waals surface area contributed by atoms with Crippen LogP contribution in [0.25, 0.3) is 0 Å². The number of carbonyl (C=O) groups is 2. The summed E-state index contributed by atoms with van der Waals surface area (Å²) in [6.07, 6.45) is 5.91. The number of aliphatic carboxylic acids is 1. The van der Waals surface area contributed by atoms with Crippen LogP contribution in [0.4, 0.5) is 0 Å². The normalized spacial score (nSPS) is 29.8. The zero-order chi connectivity index (χ0) is 14.1. The van der Waals surface area contributed by atoms with Crippen molar-refractivity contribution in [2.45, 2.75) is 50.6 Å². The highest BCUT2D eigenvalue weighted by Gasteiger charge is 2.43. The summed E-state index contributed by atoms with van der Waals surface area (Å²) in [7, 11) is 0. The van der Waals surface area contributed by atoms with Gasteiger partial charge in [0.2, 0.25) is 0 Å². The number of piperidine rings is 1. The molecule has 2 fully saturated rings. The van der Waals surface area contributed by atoms with E-state index in [0.717, 1.165) is 25.7 Å². The van der Waals surface area contributed by atoms with Crippen LogP contribution in [0.15, 0.2) is 16.8 Å². The maximum atomic E-state index is 12.7. The molecule has 1 aromatic rings. The number of hydrogen-bond donors (Lipinski definition) is 1. The molecule has 1 aliphatic carbocycles. The first kappa shape index (κ1) is 13.6. The molecule has 3 atom stereocenters. The van der Waals surface area contributed by atoms with Crippen molar-refractivity contribution in [2.75, 3.05) is 0 Å². The van der Waals surface area contributed by atoms with Gasteiger partial charge >= 0.3 is 5.97 Å². The minimum absolute atomic E-state index is 0.102. The van der Waals surface area contributed by atoms with Crippen LogP contribution < -0.4 is 0 Å². The third-order valence-electron chi connectivity index (χ3n) is 4.66. The number of likely N-dealkylation sites (tertiary alicyclic amines) is 1. The Hall–Kier alpha value is -1.36. The molecule has 108 valence electrons. The maximum absolute atomic E-state index is 12.7. The average molecular weight is 293 g/mol. The summed E-state index contributed by atoms with van der Waals surface area (Å²) in [5.74, 6) is -0.477. The van der Waals surface area contributed by atoms with Crippen molar-refractivity contribution in [3.8, 4) is 0 Å². The minimum atomic E-state index is -0.863. The van der Waals surface area contributed by atoms with E-state index in [4.69, 9.17) is 0 Å². The van der Waals surface area contributed by atoms with Crippen molar-refractivity contribution in [2.24, 2.45) is 5.92 Å². The van der Waals surface area contributed by atoms with Gasteiger partial charge in [-0.05, 0) is 43.0 Å². The van der Waals surface area contributed by atoms with Crippen LogP contribution in [-0.4, -0.2) is 34.0 Å². The molecule has 3 rings (SSSR count). The van der Waals surface area contributed by atoms with Gasteiger partial charge in [0.15, 0.2) is 0 Å². The highest BCUT2D eigenvalue weighted by Crippen LogP contribution is 2.38. The second kappa shape index (κ2) is 5.56. The molecule has 1 aromatic heterocycles. The molecule has 1 N–H and O–H groups in total. The summed E-state index contributed by atoms with van der Waals surface area (Å²) in [4.78, 5) is 25.9. The van der Waals surface area contributed by atoms with Gasteiger partial charge in [0.25, 0.3) is 5.91 Å². The molecule has 0 radical (unpaired) electrons. The van der Waals surface area contributed by atoms with Crippen molar-refractivity contribution in [3.05, 3.63) is 22.4 Å². The lowest BCUT2D eigenvalue weighted by Gasteiger charge is -2.47. The van der Waals surface area contributed by atoms with Gasteiger partial charge in [-0.15, -0.1) is 0 Å². The predicted octanol–water partition coefficient (Wildman–Crippen LogP) is 3.00. The van der Waals surface area contributed by atoms with Crippen LogP contribution in [-0.2, 0) is 4.79 Å². The number of carbonyl (C=O) groups excluding carboxylic acids is 1. The van der Waals surface area contributed by atoms with Gasteiger partial charge in [-0.1, -0.05) is 12.8 Å². The van der Waals surface area contributed by atoms with E-state index >= 15 is 0 Å². The molecule has 2 heterocycles. The molecular weight excluding hydrogens is 274 g/mol. The fourth-order valence-electron chi connectivity index (χ4n) is 3.70. The van der Waals surface area contributed by atoms with Gasteiger partial charge in [-0.3, -0.25) is 4.79 Å². The van der Waals surface area contributed by atoms with Crippen molar-refractivity contribution < 1.29 is 14.7 Å². The number of fused-ring (bicyclic) bond motifs is 1. The third kappa shape index (κ3) is 2.35. The summed E-state index contributed by atoms with van der Waals surface area (Å²) >= 11 is 1.48. The molecule has 1 saturated carbocycles. The van der Waals surface area contributed by atoms with E-state index in [1.54, 1.807) is 11.0 Å². The number of nitrogens with zero attached hydrogens (tertiary/aromatic N) is 1. The number of carboxylic acids is 1. The lowest BCUT2D eigenvalue weighted by Crippen LogP contribution is -2.57. The summed E-state index contributed by atoms with van der Waals surface area (Å²) < 4.78 is 0. The second-order valence-corrected chi connectivity index (χ2v) is 6.55. The van der Waals surface area contributed by atoms with Crippen LogP contribution in [0.1, 0.15) is 48.9 Å². The first-order valence-corrected chi connectivity index (χ1v) is 8.20. The predicted molar refractivity (Wildman–Crippen MR) is 76.9 cm³/mol. The SMILES string of the molecule is O=C(O)C1CCC2CCCCC2N1C(=O)c1ccsc1. The monoisotopic (exact) mass is 293 g/mol. The largest absolute Gasteiger partial charge is 0.480 e. The molecular formula is C15H19NO3S. The second-order valence-electron chi connectivity index (χ2n) is 5.77. The highest BCUT2D eigenvalue weighted by atomic mass is 32.1. The molecule has 1 aliphatic heterocycles. The Morgan fingerprint density at radius 3 is 2.70 bits per heavy atom. The van der Waals surface area contributed by atoms with Crippen molar-refractivity contribution >= 4 is 23.2 Å². The van der Waals surface area contributed by atoms with Crippen LogP contribution in [0.5, 0.6) is 0 Å². The number of rotatable bonds is 2. The molecule has 0 bridgehead atoms. The topological polar surface area (TPSA) is 57.6 Å². The van der Waals surface area contributed by atoms with E-state index in [2.05, 4.69) is 0 Å². The molecule has 1 amide bonds. The molecule has 2 aliphatic rings. The number of carboxylic acid groups (broad SMARTS) is 1. The maximum Gasteiger partial charge on any atom is 0.326 e. The first-order chi connectivity index (χ1) is 9.68. The molecule has 20 heavy (non-hydrogen) atoms.